The molecule has 1 fully saturated rings. The number of nitrogens with one attached hydrogen (secondary N) is 2. The molecule has 2 N–H and O–H groups in total. The molecular formula is C25H29N3O4. The van der Waals surface area contributed by atoms with E-state index >= 15 is 0 Å². The number of hydrogen-bond donors (Lipinski definition) is 2. The molecule has 0 heterocycles. The Kier molecular flexibility index (Phi) is 8.02. The fraction of sp³-hybridized carbons (Fsp3) is 0.320. The van der Waals surface area contributed by atoms with E-state index in [1.165, 1.54) is 18.1 Å². The molecule has 2 aromatic carbocycles. The molecule has 2 aromatic rings. The molecule has 3 amide bonds. The minimum Gasteiger partial charge on any atom is -0.495 e. The van der Waals surface area contributed by atoms with E-state index in [0.29, 0.717) is 29.6 Å². The Morgan fingerprint density at radius 3 is 2.47 bits per heavy atom. The SMILES string of the molecule is CCCN(CC(=O)Nc1ccccc1OC)C(=O)/C=C/c1ccc(C(=O)NC2CC2)cc1. The summed E-state index contributed by atoms with van der Waals surface area (Å²) < 4.78 is 5.25. The highest BCUT2D eigenvalue weighted by atomic mass is 16.5. The third-order valence-corrected chi connectivity index (χ3v) is 5.02. The smallest absolute Gasteiger partial charge is 0.251 e. The van der Waals surface area contributed by atoms with E-state index in [1.54, 1.807) is 48.5 Å². The maximum Gasteiger partial charge on any atom is 0.251 e. The van der Waals surface area contributed by atoms with Crippen LogP contribution < -0.4 is 15.4 Å². The number of para-hydroxylation sites is 2. The van der Waals surface area contributed by atoms with Crippen molar-refractivity contribution in [3.8, 4) is 5.75 Å². The maximum atomic E-state index is 12.7. The van der Waals surface area contributed by atoms with Crippen LogP contribution in [0.5, 0.6) is 5.75 Å². The molecule has 32 heavy (non-hydrogen) atoms. The van der Waals surface area contributed by atoms with Crippen molar-refractivity contribution in [1.82, 2.24) is 10.2 Å². The van der Waals surface area contributed by atoms with Gasteiger partial charge >= 0.3 is 0 Å². The van der Waals surface area contributed by atoms with Gasteiger partial charge in [-0.2, -0.15) is 0 Å². The molecular weight excluding hydrogens is 406 g/mol. The Morgan fingerprint density at radius 2 is 1.81 bits per heavy atom. The summed E-state index contributed by atoms with van der Waals surface area (Å²) in [5, 5.41) is 5.74. The van der Waals surface area contributed by atoms with E-state index in [4.69, 9.17) is 4.74 Å². The van der Waals surface area contributed by atoms with Crippen LogP contribution in [0.25, 0.3) is 6.08 Å². The van der Waals surface area contributed by atoms with E-state index in [-0.39, 0.29) is 24.3 Å². The van der Waals surface area contributed by atoms with Gasteiger partial charge in [-0.25, -0.2) is 0 Å². The summed E-state index contributed by atoms with van der Waals surface area (Å²) in [5.74, 6) is -0.0639. The van der Waals surface area contributed by atoms with Crippen molar-refractivity contribution in [2.75, 3.05) is 25.5 Å². The molecule has 0 saturated heterocycles. The second kappa shape index (κ2) is 11.1. The van der Waals surface area contributed by atoms with E-state index in [2.05, 4.69) is 10.6 Å². The van der Waals surface area contributed by atoms with Gasteiger partial charge in [0.05, 0.1) is 12.8 Å². The predicted molar refractivity (Wildman–Crippen MR) is 124 cm³/mol. The van der Waals surface area contributed by atoms with Crippen molar-refractivity contribution in [3.05, 3.63) is 65.7 Å². The van der Waals surface area contributed by atoms with Gasteiger partial charge in [-0.1, -0.05) is 31.2 Å². The molecule has 1 aliphatic carbocycles. The molecule has 7 nitrogen and oxygen atoms in total. The molecule has 0 atom stereocenters. The van der Waals surface area contributed by atoms with Crippen LogP contribution in [0.1, 0.15) is 42.1 Å². The molecule has 0 unspecified atom stereocenters. The zero-order valence-electron chi connectivity index (χ0n) is 18.5. The first-order valence-electron chi connectivity index (χ1n) is 10.8. The average Bonchev–Trinajstić information content (AvgIpc) is 3.61. The number of nitrogens with zero attached hydrogens (tertiary/aromatic N) is 1. The quantitative estimate of drug-likeness (QED) is 0.560. The van der Waals surface area contributed by atoms with Crippen molar-refractivity contribution in [3.63, 3.8) is 0 Å². The van der Waals surface area contributed by atoms with Crippen LogP contribution in [0.3, 0.4) is 0 Å². The monoisotopic (exact) mass is 435 g/mol. The molecule has 168 valence electrons. The number of hydrogen-bond acceptors (Lipinski definition) is 4. The van der Waals surface area contributed by atoms with Crippen LogP contribution in [0.4, 0.5) is 5.69 Å². The summed E-state index contributed by atoms with van der Waals surface area (Å²) in [6.45, 7) is 2.35. The Bertz CT molecular complexity index is 981. The van der Waals surface area contributed by atoms with Crippen LogP contribution in [-0.4, -0.2) is 48.9 Å². The number of amides is 3. The summed E-state index contributed by atoms with van der Waals surface area (Å²) in [7, 11) is 1.54. The van der Waals surface area contributed by atoms with Gasteiger partial charge in [0, 0.05) is 24.2 Å². The summed E-state index contributed by atoms with van der Waals surface area (Å²) in [4.78, 5) is 38.8. The lowest BCUT2D eigenvalue weighted by molar-refractivity contribution is -0.130. The second-order valence-electron chi connectivity index (χ2n) is 7.71. The predicted octanol–water partition coefficient (Wildman–Crippen LogP) is 3.48. The van der Waals surface area contributed by atoms with Crippen molar-refractivity contribution >= 4 is 29.5 Å². The molecule has 0 radical (unpaired) electrons. The Balaban J connectivity index is 1.58. The normalized spacial score (nSPS) is 12.9. The van der Waals surface area contributed by atoms with Gasteiger partial charge in [-0.15, -0.1) is 0 Å². The van der Waals surface area contributed by atoms with Gasteiger partial charge in [0.1, 0.15) is 12.3 Å². The molecule has 0 spiro atoms. The highest BCUT2D eigenvalue weighted by Gasteiger charge is 2.23. The first-order valence-corrected chi connectivity index (χ1v) is 10.8. The number of ether oxygens (including phenoxy) is 1. The van der Waals surface area contributed by atoms with E-state index in [1.807, 2.05) is 13.0 Å². The molecule has 3 rings (SSSR count). The van der Waals surface area contributed by atoms with Gasteiger partial charge in [0.15, 0.2) is 0 Å². The molecule has 7 heteroatoms. The Labute approximate surface area is 188 Å². The van der Waals surface area contributed by atoms with Crippen molar-refractivity contribution in [2.45, 2.75) is 32.2 Å². The molecule has 0 aromatic heterocycles. The summed E-state index contributed by atoms with van der Waals surface area (Å²) in [6.07, 6.45) is 5.95. The highest BCUT2D eigenvalue weighted by molar-refractivity contribution is 5.99. The van der Waals surface area contributed by atoms with Crippen molar-refractivity contribution in [1.29, 1.82) is 0 Å². The standard InChI is InChI=1S/C25H29N3O4/c1-3-16-28(17-23(29)27-21-6-4-5-7-22(21)32-2)24(30)15-10-18-8-11-19(12-9-18)25(31)26-20-13-14-20/h4-12,15,20H,3,13-14,16-17H2,1-2H3,(H,26,31)(H,27,29)/b15-10+. The number of rotatable bonds is 10. The maximum absolute atomic E-state index is 12.7. The Morgan fingerprint density at radius 1 is 1.09 bits per heavy atom. The van der Waals surface area contributed by atoms with Gasteiger partial charge in [0.2, 0.25) is 11.8 Å². The van der Waals surface area contributed by atoms with E-state index < -0.39 is 0 Å². The third kappa shape index (κ3) is 6.70. The lowest BCUT2D eigenvalue weighted by Crippen LogP contribution is -2.37. The fourth-order valence-corrected chi connectivity index (χ4v) is 3.16. The zero-order chi connectivity index (χ0) is 22.9. The zero-order valence-corrected chi connectivity index (χ0v) is 18.5. The van der Waals surface area contributed by atoms with Gasteiger partial charge in [-0.05, 0) is 55.2 Å². The topological polar surface area (TPSA) is 87.7 Å². The molecule has 1 saturated carbocycles. The average molecular weight is 436 g/mol. The molecule has 0 bridgehead atoms. The minimum absolute atomic E-state index is 0.0602. The fourth-order valence-electron chi connectivity index (χ4n) is 3.16. The minimum atomic E-state index is -0.296. The number of methoxy groups -OCH3 is 1. The van der Waals surface area contributed by atoms with E-state index in [9.17, 15) is 14.4 Å². The highest BCUT2D eigenvalue weighted by Crippen LogP contribution is 2.23. The number of benzene rings is 2. The largest absolute Gasteiger partial charge is 0.495 e. The number of carbonyl (C=O) groups excluding carboxylic acids is 3. The van der Waals surface area contributed by atoms with Crippen LogP contribution in [0, 0.1) is 0 Å². The van der Waals surface area contributed by atoms with E-state index in [0.717, 1.165) is 24.8 Å². The summed E-state index contributed by atoms with van der Waals surface area (Å²) >= 11 is 0. The first-order chi connectivity index (χ1) is 15.5. The van der Waals surface area contributed by atoms with Gasteiger partial charge in [0.25, 0.3) is 5.91 Å². The lowest BCUT2D eigenvalue weighted by Gasteiger charge is -2.20. The lowest BCUT2D eigenvalue weighted by atomic mass is 10.1. The van der Waals surface area contributed by atoms with Crippen LogP contribution in [0.15, 0.2) is 54.6 Å². The van der Waals surface area contributed by atoms with Gasteiger partial charge in [-0.3, -0.25) is 14.4 Å². The molecule has 1 aliphatic rings. The second-order valence-corrected chi connectivity index (χ2v) is 7.71. The third-order valence-electron chi connectivity index (χ3n) is 5.02. The number of carbonyl (C=O) groups is 3. The van der Waals surface area contributed by atoms with Crippen molar-refractivity contribution < 1.29 is 19.1 Å². The van der Waals surface area contributed by atoms with Crippen molar-refractivity contribution in [2.24, 2.45) is 0 Å². The van der Waals surface area contributed by atoms with Crippen LogP contribution in [-0.2, 0) is 9.59 Å². The molecule has 0 aliphatic heterocycles. The van der Waals surface area contributed by atoms with Crippen LogP contribution >= 0.6 is 0 Å². The first kappa shape index (κ1) is 23.1. The van der Waals surface area contributed by atoms with Gasteiger partial charge < -0.3 is 20.3 Å². The summed E-state index contributed by atoms with van der Waals surface area (Å²) in [6, 6.07) is 14.5. The van der Waals surface area contributed by atoms with Crippen LogP contribution in [0.2, 0.25) is 0 Å². The Hall–Kier alpha value is -3.61. The number of anilines is 1. The summed E-state index contributed by atoms with van der Waals surface area (Å²) in [5.41, 5.74) is 1.96.